The van der Waals surface area contributed by atoms with Crippen molar-refractivity contribution >= 4 is 42.9 Å². The fourth-order valence-corrected chi connectivity index (χ4v) is 9.25. The maximum atomic E-state index is 13.1. The Balaban J connectivity index is 4.38. The molecular weight excluding hydrogens is 512 g/mol. The zero-order chi connectivity index (χ0) is 19.1. The fraction of sp³-hybridized carbons (Fsp3) is 1.00. The van der Waals surface area contributed by atoms with Crippen LogP contribution in [-0.2, 0) is 20.0 Å². The second kappa shape index (κ2) is 4.77. The Kier molecular flexibility index (Phi) is 4.36. The van der Waals surface area contributed by atoms with Crippen molar-refractivity contribution in [3.05, 3.63) is 0 Å². The van der Waals surface area contributed by atoms with Crippen molar-refractivity contribution in [1.29, 1.82) is 0 Å². The molecule has 0 aliphatic carbocycles. The van der Waals surface area contributed by atoms with E-state index in [2.05, 4.69) is 0 Å². The molecule has 23 heavy (non-hydrogen) atoms. The third-order valence-electron chi connectivity index (χ3n) is 3.29. The molecule has 1 atom stereocenters. The molecule has 1 rings (SSSR count). The molecule has 0 N–H and O–H groups in total. The SMILES string of the molecule is CC1(C(F)(F)F)C(C(F)(F)F)(C(F)(F)F)S(=O)(=O)N(I)S1(=O)=O. The van der Waals surface area contributed by atoms with Crippen molar-refractivity contribution in [3.8, 4) is 0 Å². The van der Waals surface area contributed by atoms with Crippen molar-refractivity contribution in [2.75, 3.05) is 0 Å². The highest BCUT2D eigenvalue weighted by Crippen LogP contribution is 2.67. The number of sulfonamides is 2. The molecule has 1 saturated heterocycles. The van der Waals surface area contributed by atoms with Crippen LogP contribution in [-0.4, -0.2) is 46.8 Å². The first kappa shape index (κ1) is 21.0. The summed E-state index contributed by atoms with van der Waals surface area (Å²) in [5.41, 5.74) is 0. The van der Waals surface area contributed by atoms with Crippen LogP contribution < -0.4 is 0 Å². The minimum Gasteiger partial charge on any atom is -0.209 e. The van der Waals surface area contributed by atoms with Crippen LogP contribution >= 0.6 is 22.9 Å². The summed E-state index contributed by atoms with van der Waals surface area (Å²) in [6.45, 7) is -0.959. The number of halogens is 10. The van der Waals surface area contributed by atoms with Gasteiger partial charge in [0.2, 0.25) is 4.75 Å². The Morgan fingerprint density at radius 1 is 0.739 bits per heavy atom. The van der Waals surface area contributed by atoms with Crippen LogP contribution in [0.25, 0.3) is 0 Å². The minimum atomic E-state index is -7.14. The van der Waals surface area contributed by atoms with E-state index in [1.807, 2.05) is 0 Å². The van der Waals surface area contributed by atoms with E-state index in [1.54, 1.807) is 0 Å². The van der Waals surface area contributed by atoms with Gasteiger partial charge in [0.1, 0.15) is 0 Å². The van der Waals surface area contributed by atoms with Crippen LogP contribution in [0.1, 0.15) is 6.92 Å². The van der Waals surface area contributed by atoms with E-state index in [-0.39, 0.29) is 22.9 Å². The summed E-state index contributed by atoms with van der Waals surface area (Å²) in [5, 5.41) is 0. The lowest BCUT2D eigenvalue weighted by Gasteiger charge is -2.41. The first-order valence-electron chi connectivity index (χ1n) is 4.81. The zero-order valence-electron chi connectivity index (χ0n) is 10.2. The summed E-state index contributed by atoms with van der Waals surface area (Å²) < 4.78 is 150. The summed E-state index contributed by atoms with van der Waals surface area (Å²) in [6, 6.07) is 0. The van der Waals surface area contributed by atoms with Crippen LogP contribution in [0.15, 0.2) is 0 Å². The first-order chi connectivity index (χ1) is 9.65. The first-order valence-corrected chi connectivity index (χ1v) is 8.65. The largest absolute Gasteiger partial charge is 0.420 e. The third-order valence-corrected chi connectivity index (χ3v) is 11.7. The Labute approximate surface area is 136 Å². The lowest BCUT2D eigenvalue weighted by atomic mass is 9.89. The van der Waals surface area contributed by atoms with Gasteiger partial charge in [-0.15, -0.1) is 0 Å². The van der Waals surface area contributed by atoms with E-state index >= 15 is 0 Å². The van der Waals surface area contributed by atoms with Gasteiger partial charge < -0.3 is 0 Å². The van der Waals surface area contributed by atoms with Gasteiger partial charge in [-0.2, -0.15) is 39.5 Å². The number of nitrogens with zero attached hydrogens (tertiary/aromatic N) is 1. The molecule has 17 heteroatoms. The second-order valence-electron chi connectivity index (χ2n) is 4.37. The predicted octanol–water partition coefficient (Wildman–Crippen LogP) is 2.50. The van der Waals surface area contributed by atoms with E-state index in [0.717, 1.165) is 0 Å². The predicted molar refractivity (Wildman–Crippen MR) is 63.0 cm³/mol. The highest BCUT2D eigenvalue weighted by Gasteiger charge is 2.99. The third kappa shape index (κ3) is 2.01. The van der Waals surface area contributed by atoms with E-state index in [1.165, 1.54) is 0 Å². The molecule has 0 spiro atoms. The molecule has 0 saturated carbocycles. The zero-order valence-corrected chi connectivity index (χ0v) is 14.0. The van der Waals surface area contributed by atoms with E-state index in [9.17, 15) is 56.3 Å². The van der Waals surface area contributed by atoms with Crippen LogP contribution in [0.5, 0.6) is 0 Å². The maximum absolute atomic E-state index is 13.1. The summed E-state index contributed by atoms with van der Waals surface area (Å²) >= 11 is -0.0546. The molecule has 1 heterocycles. The molecule has 0 radical (unpaired) electrons. The topological polar surface area (TPSA) is 71.5 Å². The molecule has 1 unspecified atom stereocenters. The molecule has 5 nitrogen and oxygen atoms in total. The normalized spacial score (nSPS) is 31.3. The summed E-state index contributed by atoms with van der Waals surface area (Å²) in [4.78, 5) is 0. The summed E-state index contributed by atoms with van der Waals surface area (Å²) in [6.07, 6.45) is -21.0. The minimum absolute atomic E-state index is 0.0546. The van der Waals surface area contributed by atoms with Crippen molar-refractivity contribution in [1.82, 2.24) is 1.92 Å². The molecule has 0 aromatic rings. The highest BCUT2D eigenvalue weighted by atomic mass is 127. The van der Waals surface area contributed by atoms with Crippen LogP contribution in [0.4, 0.5) is 39.5 Å². The van der Waals surface area contributed by atoms with E-state index in [4.69, 9.17) is 0 Å². The molecular formula is C6H3F9INO4S2. The fourth-order valence-electron chi connectivity index (χ4n) is 2.15. The van der Waals surface area contributed by atoms with Crippen LogP contribution in [0.2, 0.25) is 0 Å². The molecule has 138 valence electrons. The molecule has 0 aromatic heterocycles. The smallest absolute Gasteiger partial charge is 0.209 e. The number of hydrogen-bond donors (Lipinski definition) is 0. The highest BCUT2D eigenvalue weighted by molar-refractivity contribution is 14.1. The average molecular weight is 515 g/mol. The van der Waals surface area contributed by atoms with Gasteiger partial charge in [0.25, 0.3) is 20.0 Å². The molecule has 1 fully saturated rings. The Bertz CT molecular complexity index is 707. The summed E-state index contributed by atoms with van der Waals surface area (Å²) in [7, 11) is -13.7. The number of rotatable bonds is 0. The lowest BCUT2D eigenvalue weighted by molar-refractivity contribution is -0.303. The van der Waals surface area contributed by atoms with Gasteiger partial charge in [-0.1, -0.05) is 0 Å². The molecule has 1 aliphatic heterocycles. The van der Waals surface area contributed by atoms with Gasteiger partial charge in [0.15, 0.2) is 0 Å². The quantitative estimate of drug-likeness (QED) is 0.283. The van der Waals surface area contributed by atoms with Gasteiger partial charge in [-0.05, 0) is 8.85 Å². The van der Waals surface area contributed by atoms with E-state index < -0.39 is 56.9 Å². The van der Waals surface area contributed by atoms with E-state index in [0.29, 0.717) is 0 Å². The Hall–Kier alpha value is -0.0400. The Morgan fingerprint density at radius 3 is 1.22 bits per heavy atom. The monoisotopic (exact) mass is 515 g/mol. The van der Waals surface area contributed by atoms with Gasteiger partial charge in [0, 0.05) is 0 Å². The molecule has 0 amide bonds. The maximum Gasteiger partial charge on any atom is 0.420 e. The van der Waals surface area contributed by atoms with Gasteiger partial charge in [0.05, 0.1) is 22.9 Å². The number of hydrogen-bond acceptors (Lipinski definition) is 4. The van der Waals surface area contributed by atoms with Crippen molar-refractivity contribution < 1.29 is 56.3 Å². The van der Waals surface area contributed by atoms with Gasteiger partial charge in [-0.25, -0.2) is 16.8 Å². The van der Waals surface area contributed by atoms with Crippen molar-refractivity contribution in [2.45, 2.75) is 34.9 Å². The average Bonchev–Trinajstić information content (AvgIpc) is 2.30. The van der Waals surface area contributed by atoms with Crippen molar-refractivity contribution in [3.63, 3.8) is 0 Å². The van der Waals surface area contributed by atoms with Crippen molar-refractivity contribution in [2.24, 2.45) is 0 Å². The second-order valence-corrected chi connectivity index (χ2v) is 10.9. The lowest BCUT2D eigenvalue weighted by Crippen LogP contribution is -2.75. The standard InChI is InChI=1S/C6H3F9INO4S2/c1-2(4(7,8)9)3(5(10,11)12,6(13,14)15)23(20,21)17(16)22(2,18)19/h1H3. The summed E-state index contributed by atoms with van der Waals surface area (Å²) in [5.74, 6) is 0. The van der Waals surface area contributed by atoms with Gasteiger partial charge >= 0.3 is 23.3 Å². The molecule has 0 aromatic carbocycles. The van der Waals surface area contributed by atoms with Crippen LogP contribution in [0, 0.1) is 0 Å². The van der Waals surface area contributed by atoms with Crippen LogP contribution in [0.3, 0.4) is 0 Å². The van der Waals surface area contributed by atoms with Gasteiger partial charge in [-0.3, -0.25) is 0 Å². The molecule has 1 aliphatic rings. The Morgan fingerprint density at radius 2 is 1.04 bits per heavy atom. The number of alkyl halides is 9. The molecule has 0 bridgehead atoms.